The van der Waals surface area contributed by atoms with Crippen molar-refractivity contribution in [2.24, 2.45) is 5.92 Å². The van der Waals surface area contributed by atoms with Crippen LogP contribution in [0.25, 0.3) is 0 Å². The molecule has 0 radical (unpaired) electrons. The fraction of sp³-hybridized carbons (Fsp3) is 0.350. The third kappa shape index (κ3) is 3.10. The lowest BCUT2D eigenvalue weighted by atomic mass is 10.1. The molecular weight excluding hydrogens is 365 g/mol. The summed E-state index contributed by atoms with van der Waals surface area (Å²) in [5.74, 6) is -1.60. The fourth-order valence-electron chi connectivity index (χ4n) is 3.77. The molecule has 1 aliphatic carbocycles. The lowest BCUT2D eigenvalue weighted by Crippen LogP contribution is -2.28. The molecule has 1 atom stereocenters. The van der Waals surface area contributed by atoms with Gasteiger partial charge in [-0.15, -0.1) is 11.3 Å². The third-order valence-corrected chi connectivity index (χ3v) is 6.37. The van der Waals surface area contributed by atoms with Crippen LogP contribution in [0.4, 0.5) is 15.1 Å². The van der Waals surface area contributed by atoms with Crippen LogP contribution < -0.4 is 10.2 Å². The summed E-state index contributed by atoms with van der Waals surface area (Å²) in [5, 5.41) is 12.8. The number of benzene rings is 1. The quantitative estimate of drug-likeness (QED) is 0.881. The Hall–Kier alpha value is -2.72. The number of nitrogens with one attached hydrogen (secondary N) is 1. The number of thiophene rings is 1. The van der Waals surface area contributed by atoms with Crippen LogP contribution in [-0.2, 0) is 22.4 Å². The van der Waals surface area contributed by atoms with Gasteiger partial charge in [-0.25, -0.2) is 4.39 Å². The second-order valence-corrected chi connectivity index (χ2v) is 8.13. The molecule has 0 saturated carbocycles. The molecule has 1 aromatic carbocycles. The van der Waals surface area contributed by atoms with Crippen LogP contribution in [0.2, 0.25) is 0 Å². The van der Waals surface area contributed by atoms with Crippen LogP contribution in [0.3, 0.4) is 0 Å². The molecule has 0 bridgehead atoms. The maximum Gasteiger partial charge on any atom is 0.230 e. The minimum atomic E-state index is -0.568. The Balaban J connectivity index is 1.51. The maximum absolute atomic E-state index is 14.2. The van der Waals surface area contributed by atoms with E-state index in [1.165, 1.54) is 22.3 Å². The van der Waals surface area contributed by atoms with E-state index in [0.29, 0.717) is 10.6 Å². The maximum atomic E-state index is 14.2. The van der Waals surface area contributed by atoms with Crippen molar-refractivity contribution in [3.63, 3.8) is 0 Å². The highest BCUT2D eigenvalue weighted by Gasteiger charge is 2.37. The van der Waals surface area contributed by atoms with Gasteiger partial charge in [0.1, 0.15) is 16.9 Å². The molecule has 5 nitrogen and oxygen atoms in total. The van der Waals surface area contributed by atoms with E-state index in [1.807, 2.05) is 0 Å². The molecular formula is C20H18FN3O2S. The second-order valence-electron chi connectivity index (χ2n) is 7.02. The van der Waals surface area contributed by atoms with E-state index >= 15 is 0 Å². The van der Waals surface area contributed by atoms with Crippen LogP contribution in [0.15, 0.2) is 18.2 Å². The molecule has 2 aliphatic rings. The van der Waals surface area contributed by atoms with Gasteiger partial charge in [-0.2, -0.15) is 5.26 Å². The summed E-state index contributed by atoms with van der Waals surface area (Å²) >= 11 is 1.45. The molecule has 0 unspecified atom stereocenters. The monoisotopic (exact) mass is 383 g/mol. The topological polar surface area (TPSA) is 73.2 Å². The van der Waals surface area contributed by atoms with E-state index in [2.05, 4.69) is 11.4 Å². The first kappa shape index (κ1) is 17.7. The van der Waals surface area contributed by atoms with Gasteiger partial charge in [0.05, 0.1) is 17.2 Å². The predicted octanol–water partition coefficient (Wildman–Crippen LogP) is 3.55. The van der Waals surface area contributed by atoms with Crippen molar-refractivity contribution >= 4 is 33.8 Å². The zero-order valence-corrected chi connectivity index (χ0v) is 15.7. The van der Waals surface area contributed by atoms with Crippen LogP contribution in [-0.4, -0.2) is 18.4 Å². The number of amides is 2. The summed E-state index contributed by atoms with van der Waals surface area (Å²) in [5.41, 5.74) is 2.57. The number of fused-ring (bicyclic) bond motifs is 1. The first-order chi connectivity index (χ1) is 13.0. The van der Waals surface area contributed by atoms with Crippen LogP contribution in [0.1, 0.15) is 34.4 Å². The molecule has 138 valence electrons. The zero-order chi connectivity index (χ0) is 19.1. The first-order valence-electron chi connectivity index (χ1n) is 8.90. The van der Waals surface area contributed by atoms with Crippen molar-refractivity contribution in [3.8, 4) is 6.07 Å². The van der Waals surface area contributed by atoms with E-state index in [1.54, 1.807) is 19.1 Å². The van der Waals surface area contributed by atoms with Gasteiger partial charge >= 0.3 is 0 Å². The number of nitrogens with zero attached hydrogens (tertiary/aromatic N) is 2. The van der Waals surface area contributed by atoms with E-state index in [4.69, 9.17) is 0 Å². The van der Waals surface area contributed by atoms with Gasteiger partial charge < -0.3 is 10.2 Å². The molecule has 1 aromatic heterocycles. The van der Waals surface area contributed by atoms with Crippen molar-refractivity contribution in [2.75, 3.05) is 16.8 Å². The van der Waals surface area contributed by atoms with Crippen LogP contribution in [0, 0.1) is 30.0 Å². The van der Waals surface area contributed by atoms with Gasteiger partial charge in [0.2, 0.25) is 11.8 Å². The van der Waals surface area contributed by atoms with Gasteiger partial charge in [-0.05, 0) is 49.4 Å². The Bertz CT molecular complexity index is 992. The smallest absolute Gasteiger partial charge is 0.230 e. The van der Waals surface area contributed by atoms with E-state index in [9.17, 15) is 19.2 Å². The molecule has 1 fully saturated rings. The lowest BCUT2D eigenvalue weighted by Gasteiger charge is -2.17. The zero-order valence-electron chi connectivity index (χ0n) is 14.8. The molecule has 1 saturated heterocycles. The molecule has 4 rings (SSSR count). The van der Waals surface area contributed by atoms with Gasteiger partial charge in [-0.1, -0.05) is 6.07 Å². The normalized spacial score (nSPS) is 18.5. The number of hydrogen-bond donors (Lipinski definition) is 1. The fourth-order valence-corrected chi connectivity index (χ4v) is 5.01. The number of aryl methyl sites for hydroxylation is 2. The number of carbonyl (C=O) groups excluding carboxylic acids is 2. The van der Waals surface area contributed by atoms with E-state index in [-0.39, 0.29) is 30.5 Å². The predicted molar refractivity (Wildman–Crippen MR) is 101 cm³/mol. The summed E-state index contributed by atoms with van der Waals surface area (Å²) in [6, 6.07) is 6.89. The van der Waals surface area contributed by atoms with Gasteiger partial charge in [-0.3, -0.25) is 9.59 Å². The average Bonchev–Trinajstić information content (AvgIpc) is 3.29. The number of hydrogen-bond acceptors (Lipinski definition) is 4. The van der Waals surface area contributed by atoms with Crippen molar-refractivity contribution in [2.45, 2.75) is 32.6 Å². The summed E-state index contributed by atoms with van der Waals surface area (Å²) in [4.78, 5) is 27.5. The Morgan fingerprint density at radius 3 is 2.96 bits per heavy atom. The molecule has 7 heteroatoms. The molecule has 2 heterocycles. The molecule has 1 aliphatic heterocycles. The Labute approximate surface area is 160 Å². The second kappa shape index (κ2) is 6.78. The number of carbonyl (C=O) groups is 2. The Morgan fingerprint density at radius 2 is 2.22 bits per heavy atom. The summed E-state index contributed by atoms with van der Waals surface area (Å²) < 4.78 is 14.2. The molecule has 2 aromatic rings. The highest BCUT2D eigenvalue weighted by molar-refractivity contribution is 7.16. The largest absolute Gasteiger partial charge is 0.316 e. The van der Waals surface area contributed by atoms with Crippen LogP contribution >= 0.6 is 11.3 Å². The van der Waals surface area contributed by atoms with E-state index in [0.717, 1.165) is 35.3 Å². The number of rotatable bonds is 3. The van der Waals surface area contributed by atoms with Crippen LogP contribution in [0.5, 0.6) is 0 Å². The lowest BCUT2D eigenvalue weighted by molar-refractivity contribution is -0.122. The number of anilines is 2. The third-order valence-electron chi connectivity index (χ3n) is 5.16. The summed E-state index contributed by atoms with van der Waals surface area (Å²) in [6.07, 6.45) is 2.88. The van der Waals surface area contributed by atoms with Crippen molar-refractivity contribution in [3.05, 3.63) is 45.6 Å². The standard InChI is InChI=1S/C20H18FN3O2S/c1-11-5-6-16(15(21)7-11)24-10-12(8-18(24)25)19(26)23-20-14(9-22)13-3-2-4-17(13)27-20/h5-7,12H,2-4,8,10H2,1H3,(H,23,26)/t12-/m0/s1. The first-order valence-corrected chi connectivity index (χ1v) is 9.71. The Kier molecular flexibility index (Phi) is 4.44. The average molecular weight is 383 g/mol. The van der Waals surface area contributed by atoms with Gasteiger partial charge in [0.15, 0.2) is 0 Å². The Morgan fingerprint density at radius 1 is 1.41 bits per heavy atom. The van der Waals surface area contributed by atoms with Gasteiger partial charge in [0.25, 0.3) is 0 Å². The summed E-state index contributed by atoms with van der Waals surface area (Å²) in [7, 11) is 0. The minimum absolute atomic E-state index is 0.0339. The SMILES string of the molecule is Cc1ccc(N2C[C@@H](C(=O)Nc3sc4c(c3C#N)CCC4)CC2=O)c(F)c1. The molecule has 2 amide bonds. The molecule has 1 N–H and O–H groups in total. The highest BCUT2D eigenvalue weighted by atomic mass is 32.1. The van der Waals surface area contributed by atoms with Crippen molar-refractivity contribution < 1.29 is 14.0 Å². The highest BCUT2D eigenvalue weighted by Crippen LogP contribution is 2.39. The van der Waals surface area contributed by atoms with Gasteiger partial charge in [0, 0.05) is 17.8 Å². The summed E-state index contributed by atoms with van der Waals surface area (Å²) in [6.45, 7) is 1.91. The molecule has 0 spiro atoms. The van der Waals surface area contributed by atoms with Crippen molar-refractivity contribution in [1.82, 2.24) is 0 Å². The molecule has 27 heavy (non-hydrogen) atoms. The van der Waals surface area contributed by atoms with E-state index < -0.39 is 11.7 Å². The number of nitriles is 1. The van der Waals surface area contributed by atoms with Crippen molar-refractivity contribution in [1.29, 1.82) is 5.26 Å². The minimum Gasteiger partial charge on any atom is -0.316 e. The number of halogens is 1.